The zero-order chi connectivity index (χ0) is 13.9. The molecule has 106 valence electrons. The van der Waals surface area contributed by atoms with Crippen molar-refractivity contribution >= 4 is 11.3 Å². The van der Waals surface area contributed by atoms with Crippen LogP contribution in [0.1, 0.15) is 27.6 Å². The molecule has 4 heteroatoms. The molecule has 0 aliphatic heterocycles. The van der Waals surface area contributed by atoms with Gasteiger partial charge in [0.1, 0.15) is 10.8 Å². The fourth-order valence-corrected chi connectivity index (χ4v) is 3.88. The van der Waals surface area contributed by atoms with Gasteiger partial charge >= 0.3 is 0 Å². The van der Waals surface area contributed by atoms with E-state index in [2.05, 4.69) is 24.1 Å². The Bertz CT molecular complexity index is 555. The molecular weight excluding hydrogens is 268 g/mol. The topological polar surface area (TPSA) is 25.4 Å². The number of thiazole rings is 1. The number of benzene rings is 1. The molecule has 1 heterocycles. The molecule has 0 unspecified atom stereocenters. The van der Waals surface area contributed by atoms with Crippen LogP contribution in [0.2, 0.25) is 0 Å². The number of hydrogen-bond donors (Lipinski definition) is 0. The molecule has 1 aliphatic rings. The Balaban J connectivity index is 1.59. The third-order valence-corrected chi connectivity index (χ3v) is 4.80. The largest absolute Gasteiger partial charge is 0.497 e. The number of aromatic nitrogens is 1. The van der Waals surface area contributed by atoms with Crippen molar-refractivity contribution in [3.63, 3.8) is 0 Å². The van der Waals surface area contributed by atoms with Gasteiger partial charge in [-0.15, -0.1) is 11.3 Å². The fraction of sp³-hybridized carbons (Fsp3) is 0.438. The van der Waals surface area contributed by atoms with Gasteiger partial charge in [-0.3, -0.25) is 4.90 Å². The normalized spacial score (nSPS) is 13.8. The summed E-state index contributed by atoms with van der Waals surface area (Å²) < 4.78 is 5.18. The van der Waals surface area contributed by atoms with Crippen LogP contribution in [-0.4, -0.2) is 24.0 Å². The minimum Gasteiger partial charge on any atom is -0.497 e. The van der Waals surface area contributed by atoms with E-state index in [1.807, 2.05) is 23.5 Å². The smallest absolute Gasteiger partial charge is 0.118 e. The molecule has 0 atom stereocenters. The molecule has 0 spiro atoms. The van der Waals surface area contributed by atoms with Crippen LogP contribution >= 0.6 is 11.3 Å². The second-order valence-electron chi connectivity index (χ2n) is 5.35. The second kappa shape index (κ2) is 5.94. The Kier molecular flexibility index (Phi) is 4.03. The average molecular weight is 288 g/mol. The first kappa shape index (κ1) is 13.6. The molecule has 1 aliphatic carbocycles. The van der Waals surface area contributed by atoms with Crippen molar-refractivity contribution in [2.75, 3.05) is 14.2 Å². The summed E-state index contributed by atoms with van der Waals surface area (Å²) in [4.78, 5) is 8.58. The first-order valence-corrected chi connectivity index (χ1v) is 7.85. The predicted molar refractivity (Wildman–Crippen MR) is 82.3 cm³/mol. The summed E-state index contributed by atoms with van der Waals surface area (Å²) in [5, 5.41) is 1.26. The van der Waals surface area contributed by atoms with E-state index in [0.717, 1.165) is 18.8 Å². The summed E-state index contributed by atoms with van der Waals surface area (Å²) in [5.41, 5.74) is 2.65. The molecule has 3 rings (SSSR count). The van der Waals surface area contributed by atoms with Crippen LogP contribution in [0.25, 0.3) is 0 Å². The quantitative estimate of drug-likeness (QED) is 0.844. The summed E-state index contributed by atoms with van der Waals surface area (Å²) >= 11 is 1.89. The van der Waals surface area contributed by atoms with Gasteiger partial charge in [-0.1, -0.05) is 12.1 Å². The predicted octanol–water partition coefficient (Wildman–Crippen LogP) is 3.27. The van der Waals surface area contributed by atoms with Crippen molar-refractivity contribution in [3.05, 3.63) is 45.4 Å². The van der Waals surface area contributed by atoms with E-state index < -0.39 is 0 Å². The number of aryl methyl sites for hydroxylation is 2. The van der Waals surface area contributed by atoms with E-state index in [4.69, 9.17) is 9.72 Å². The molecule has 1 aromatic carbocycles. The van der Waals surface area contributed by atoms with E-state index in [-0.39, 0.29) is 0 Å². The van der Waals surface area contributed by atoms with Crippen molar-refractivity contribution in [2.45, 2.75) is 32.4 Å². The van der Waals surface area contributed by atoms with Crippen LogP contribution in [0.5, 0.6) is 5.75 Å². The number of fused-ring (bicyclic) bond motifs is 1. The molecule has 0 saturated heterocycles. The summed E-state index contributed by atoms with van der Waals surface area (Å²) in [5.74, 6) is 0.910. The maximum Gasteiger partial charge on any atom is 0.118 e. The van der Waals surface area contributed by atoms with Gasteiger partial charge < -0.3 is 4.74 Å². The maximum absolute atomic E-state index is 5.18. The molecule has 0 amide bonds. The lowest BCUT2D eigenvalue weighted by molar-refractivity contribution is 0.318. The molecule has 0 fully saturated rings. The number of rotatable bonds is 5. The van der Waals surface area contributed by atoms with Gasteiger partial charge in [0.05, 0.1) is 19.3 Å². The SMILES string of the molecule is COc1ccc(CN(C)Cc2nc3c(s2)CCC3)cc1. The lowest BCUT2D eigenvalue weighted by Crippen LogP contribution is -2.17. The van der Waals surface area contributed by atoms with Crippen LogP contribution in [-0.2, 0) is 25.9 Å². The monoisotopic (exact) mass is 288 g/mol. The molecule has 3 nitrogen and oxygen atoms in total. The van der Waals surface area contributed by atoms with E-state index >= 15 is 0 Å². The van der Waals surface area contributed by atoms with Gasteiger partial charge in [0.25, 0.3) is 0 Å². The maximum atomic E-state index is 5.18. The number of nitrogens with zero attached hydrogens (tertiary/aromatic N) is 2. The van der Waals surface area contributed by atoms with Crippen LogP contribution < -0.4 is 4.74 Å². The highest BCUT2D eigenvalue weighted by Crippen LogP contribution is 2.28. The van der Waals surface area contributed by atoms with Crippen molar-refractivity contribution in [3.8, 4) is 5.75 Å². The second-order valence-corrected chi connectivity index (χ2v) is 6.52. The molecule has 0 bridgehead atoms. The Morgan fingerprint density at radius 3 is 2.70 bits per heavy atom. The van der Waals surface area contributed by atoms with Gasteiger partial charge in [-0.2, -0.15) is 0 Å². The van der Waals surface area contributed by atoms with Gasteiger partial charge in [0.15, 0.2) is 0 Å². The molecule has 20 heavy (non-hydrogen) atoms. The summed E-state index contributed by atoms with van der Waals surface area (Å²) in [6.07, 6.45) is 3.69. The molecule has 1 aromatic heterocycles. The molecular formula is C16H20N2OS. The lowest BCUT2D eigenvalue weighted by Gasteiger charge is -2.15. The van der Waals surface area contributed by atoms with Crippen molar-refractivity contribution < 1.29 is 4.74 Å². The number of methoxy groups -OCH3 is 1. The first-order chi connectivity index (χ1) is 9.74. The summed E-state index contributed by atoms with van der Waals surface area (Å²) in [6, 6.07) is 8.27. The highest BCUT2D eigenvalue weighted by Gasteiger charge is 2.17. The Morgan fingerprint density at radius 2 is 2.00 bits per heavy atom. The zero-order valence-corrected chi connectivity index (χ0v) is 12.9. The minimum absolute atomic E-state index is 0.910. The lowest BCUT2D eigenvalue weighted by atomic mass is 10.2. The van der Waals surface area contributed by atoms with E-state index in [9.17, 15) is 0 Å². The fourth-order valence-electron chi connectivity index (χ4n) is 2.64. The standard InChI is InChI=1S/C16H20N2OS/c1-18(10-12-6-8-13(19-2)9-7-12)11-16-17-14-4-3-5-15(14)20-16/h6-9H,3-5,10-11H2,1-2H3. The van der Waals surface area contributed by atoms with Crippen molar-refractivity contribution in [1.82, 2.24) is 9.88 Å². The van der Waals surface area contributed by atoms with Gasteiger partial charge in [-0.05, 0) is 44.0 Å². The third kappa shape index (κ3) is 3.02. The first-order valence-electron chi connectivity index (χ1n) is 7.03. The number of ether oxygens (including phenoxy) is 1. The molecule has 0 N–H and O–H groups in total. The molecule has 2 aromatic rings. The Morgan fingerprint density at radius 1 is 1.20 bits per heavy atom. The summed E-state index contributed by atoms with van der Waals surface area (Å²) in [7, 11) is 3.85. The van der Waals surface area contributed by atoms with E-state index in [1.165, 1.54) is 40.4 Å². The Hall–Kier alpha value is -1.39. The number of hydrogen-bond acceptors (Lipinski definition) is 4. The zero-order valence-electron chi connectivity index (χ0n) is 12.1. The molecule has 0 saturated carbocycles. The summed E-state index contributed by atoms with van der Waals surface area (Å²) in [6.45, 7) is 1.87. The average Bonchev–Trinajstić information content (AvgIpc) is 3.00. The highest BCUT2D eigenvalue weighted by molar-refractivity contribution is 7.11. The van der Waals surface area contributed by atoms with Crippen molar-refractivity contribution in [1.29, 1.82) is 0 Å². The van der Waals surface area contributed by atoms with Gasteiger partial charge in [0, 0.05) is 11.4 Å². The van der Waals surface area contributed by atoms with Crippen LogP contribution in [0.3, 0.4) is 0 Å². The minimum atomic E-state index is 0.910. The van der Waals surface area contributed by atoms with Crippen LogP contribution in [0.15, 0.2) is 24.3 Å². The van der Waals surface area contributed by atoms with E-state index in [1.54, 1.807) is 7.11 Å². The van der Waals surface area contributed by atoms with E-state index in [0.29, 0.717) is 0 Å². The Labute approximate surface area is 124 Å². The van der Waals surface area contributed by atoms with Crippen molar-refractivity contribution in [2.24, 2.45) is 0 Å². The van der Waals surface area contributed by atoms with Gasteiger partial charge in [-0.25, -0.2) is 4.98 Å². The highest BCUT2D eigenvalue weighted by atomic mass is 32.1. The van der Waals surface area contributed by atoms with Crippen LogP contribution in [0.4, 0.5) is 0 Å². The molecule has 0 radical (unpaired) electrons. The van der Waals surface area contributed by atoms with Crippen LogP contribution in [0, 0.1) is 0 Å². The third-order valence-electron chi connectivity index (χ3n) is 3.66. The van der Waals surface area contributed by atoms with Gasteiger partial charge in [0.2, 0.25) is 0 Å².